The number of quaternary nitrogens is 1. The first kappa shape index (κ1) is 22.4. The van der Waals surface area contributed by atoms with Crippen LogP contribution in [-0.4, -0.2) is 24.0 Å². The first-order valence-electron chi connectivity index (χ1n) is 8.10. The van der Waals surface area contributed by atoms with Gasteiger partial charge in [-0.25, -0.2) is 0 Å². The average Bonchev–Trinajstić information content (AvgIpc) is 2.41. The van der Waals surface area contributed by atoms with Crippen LogP contribution in [0.1, 0.15) is 78.1 Å². The molecule has 20 heavy (non-hydrogen) atoms. The molecule has 0 N–H and O–H groups in total. The number of hydrogen-bond donors (Lipinski definition) is 0. The topological polar surface area (TPSA) is 23.8 Å². The van der Waals surface area contributed by atoms with Crippen LogP contribution in [0.25, 0.3) is 0 Å². The SMILES string of the molecule is CCCCCCCCCCCC[N+](C)(CC)SC#N.[Cl-]. The molecule has 4 heteroatoms. The van der Waals surface area contributed by atoms with Crippen LogP contribution in [0, 0.1) is 10.7 Å². The van der Waals surface area contributed by atoms with Gasteiger partial charge in [-0.2, -0.15) is 5.26 Å². The predicted molar refractivity (Wildman–Crippen MR) is 86.6 cm³/mol. The van der Waals surface area contributed by atoms with Gasteiger partial charge >= 0.3 is 0 Å². The monoisotopic (exact) mass is 320 g/mol. The summed E-state index contributed by atoms with van der Waals surface area (Å²) in [6.45, 7) is 6.61. The van der Waals surface area contributed by atoms with Gasteiger partial charge in [0.2, 0.25) is 0 Å². The lowest BCUT2D eigenvalue weighted by molar-refractivity contribution is -0.770. The Bertz CT molecular complexity index is 243. The number of nitrogens with zero attached hydrogens (tertiary/aromatic N) is 2. The minimum absolute atomic E-state index is 0. The third-order valence-electron chi connectivity index (χ3n) is 3.91. The lowest BCUT2D eigenvalue weighted by Gasteiger charge is -2.27. The minimum atomic E-state index is 0. The van der Waals surface area contributed by atoms with Crippen molar-refractivity contribution in [2.24, 2.45) is 0 Å². The number of thiocyanates is 1. The van der Waals surface area contributed by atoms with Crippen molar-refractivity contribution >= 4 is 11.9 Å². The molecule has 1 unspecified atom stereocenters. The molecule has 0 amide bonds. The number of rotatable bonds is 13. The average molecular weight is 321 g/mol. The summed E-state index contributed by atoms with van der Waals surface area (Å²) in [7, 11) is 2.17. The Hall–Kier alpha value is 0.0900. The third kappa shape index (κ3) is 13.1. The predicted octanol–water partition coefficient (Wildman–Crippen LogP) is 2.51. The summed E-state index contributed by atoms with van der Waals surface area (Å²) in [4.78, 5) is 0. The Balaban J connectivity index is 0. The van der Waals surface area contributed by atoms with E-state index in [1.54, 1.807) is 0 Å². The maximum Gasteiger partial charge on any atom is 0.196 e. The van der Waals surface area contributed by atoms with Crippen molar-refractivity contribution in [1.29, 1.82) is 5.26 Å². The largest absolute Gasteiger partial charge is 1.00 e. The second kappa shape index (κ2) is 15.5. The van der Waals surface area contributed by atoms with Gasteiger partial charge in [0.1, 0.15) is 0 Å². The van der Waals surface area contributed by atoms with Gasteiger partial charge in [0.25, 0.3) is 0 Å². The zero-order valence-electron chi connectivity index (χ0n) is 13.7. The molecule has 0 aromatic rings. The van der Waals surface area contributed by atoms with E-state index in [1.165, 1.54) is 76.2 Å². The van der Waals surface area contributed by atoms with Gasteiger partial charge in [-0.15, -0.1) is 0 Å². The number of halogens is 1. The molecule has 0 rings (SSSR count). The van der Waals surface area contributed by atoms with E-state index < -0.39 is 0 Å². The van der Waals surface area contributed by atoms with Gasteiger partial charge in [-0.3, -0.25) is 3.89 Å². The Morgan fingerprint density at radius 1 is 0.850 bits per heavy atom. The molecule has 0 bridgehead atoms. The highest BCUT2D eigenvalue weighted by atomic mass is 35.5. The smallest absolute Gasteiger partial charge is 0.196 e. The second-order valence-corrected chi connectivity index (χ2v) is 6.95. The van der Waals surface area contributed by atoms with E-state index >= 15 is 0 Å². The highest BCUT2D eigenvalue weighted by Gasteiger charge is 2.20. The van der Waals surface area contributed by atoms with Crippen molar-refractivity contribution in [2.45, 2.75) is 78.1 Å². The van der Waals surface area contributed by atoms with Crippen LogP contribution in [0.2, 0.25) is 0 Å². The third-order valence-corrected chi connectivity index (χ3v) is 4.88. The molecule has 0 saturated heterocycles. The van der Waals surface area contributed by atoms with Crippen LogP contribution in [0.4, 0.5) is 0 Å². The van der Waals surface area contributed by atoms with Gasteiger partial charge in [0.15, 0.2) is 17.3 Å². The van der Waals surface area contributed by atoms with Crippen molar-refractivity contribution in [3.05, 3.63) is 0 Å². The summed E-state index contributed by atoms with van der Waals surface area (Å²) in [6, 6.07) is 0. The Kier molecular flexibility index (Phi) is 17.3. The van der Waals surface area contributed by atoms with Gasteiger partial charge in [-0.1, -0.05) is 58.3 Å². The molecule has 0 aromatic carbocycles. The number of nitriles is 1. The van der Waals surface area contributed by atoms with Crippen LogP contribution < -0.4 is 12.4 Å². The molecule has 0 spiro atoms. The molecule has 0 aromatic heterocycles. The molecule has 1 atom stereocenters. The molecule has 120 valence electrons. The van der Waals surface area contributed by atoms with Crippen LogP contribution in [0.3, 0.4) is 0 Å². The van der Waals surface area contributed by atoms with Crippen LogP contribution >= 0.6 is 11.9 Å². The minimum Gasteiger partial charge on any atom is -1.00 e. The van der Waals surface area contributed by atoms with Crippen molar-refractivity contribution in [2.75, 3.05) is 20.1 Å². The fourth-order valence-corrected chi connectivity index (χ4v) is 2.85. The van der Waals surface area contributed by atoms with E-state index in [1.807, 2.05) is 0 Å². The second-order valence-electron chi connectivity index (χ2n) is 5.70. The molecule has 0 aliphatic carbocycles. The van der Waals surface area contributed by atoms with Gasteiger partial charge < -0.3 is 12.4 Å². The molecule has 0 heterocycles. The quantitative estimate of drug-likeness (QED) is 0.225. The molecular formula is C16H33ClN2S. The van der Waals surface area contributed by atoms with Crippen LogP contribution in [-0.2, 0) is 0 Å². The van der Waals surface area contributed by atoms with Crippen molar-refractivity contribution in [3.63, 3.8) is 0 Å². The molecular weight excluding hydrogens is 288 g/mol. The van der Waals surface area contributed by atoms with Crippen molar-refractivity contribution < 1.29 is 16.3 Å². The van der Waals surface area contributed by atoms with Gasteiger partial charge in [0.05, 0.1) is 20.1 Å². The van der Waals surface area contributed by atoms with E-state index in [9.17, 15) is 0 Å². The van der Waals surface area contributed by atoms with Gasteiger partial charge in [-0.05, 0) is 19.8 Å². The van der Waals surface area contributed by atoms with Crippen molar-refractivity contribution in [3.8, 4) is 5.40 Å². The van der Waals surface area contributed by atoms with E-state index in [4.69, 9.17) is 5.26 Å². The highest BCUT2D eigenvalue weighted by molar-refractivity contribution is 7.98. The van der Waals surface area contributed by atoms with E-state index in [-0.39, 0.29) is 12.4 Å². The van der Waals surface area contributed by atoms with E-state index in [0.717, 1.165) is 17.0 Å². The Morgan fingerprint density at radius 2 is 1.30 bits per heavy atom. The fourth-order valence-electron chi connectivity index (χ4n) is 2.30. The molecule has 0 aliphatic heterocycles. The Labute approximate surface area is 137 Å². The summed E-state index contributed by atoms with van der Waals surface area (Å²) >= 11 is 1.40. The maximum absolute atomic E-state index is 8.79. The zero-order chi connectivity index (χ0) is 14.4. The maximum atomic E-state index is 8.79. The fraction of sp³-hybridized carbons (Fsp3) is 0.938. The first-order valence-corrected chi connectivity index (χ1v) is 8.88. The molecule has 0 saturated carbocycles. The summed E-state index contributed by atoms with van der Waals surface area (Å²) in [5, 5.41) is 11.0. The summed E-state index contributed by atoms with van der Waals surface area (Å²) < 4.78 is 0.841. The van der Waals surface area contributed by atoms with Crippen LogP contribution in [0.5, 0.6) is 0 Å². The molecule has 0 radical (unpaired) electrons. The molecule has 0 fully saturated rings. The normalized spacial score (nSPS) is 13.3. The zero-order valence-corrected chi connectivity index (χ0v) is 15.2. The molecule has 2 nitrogen and oxygen atoms in total. The standard InChI is InChI=1S/C16H33N2S.ClH/c1-4-6-7-8-9-10-11-12-13-14-15-18(3,5-2)19-16-17;/h4-15H2,1-3H3;1H/q+1;/p-1. The first-order chi connectivity index (χ1) is 9.18. The summed E-state index contributed by atoms with van der Waals surface area (Å²) in [5.41, 5.74) is 0. The highest BCUT2D eigenvalue weighted by Crippen LogP contribution is 2.20. The van der Waals surface area contributed by atoms with Crippen molar-refractivity contribution in [1.82, 2.24) is 0 Å². The molecule has 0 aliphatic rings. The van der Waals surface area contributed by atoms with Gasteiger partial charge in [0, 0.05) is 0 Å². The lowest BCUT2D eigenvalue weighted by Crippen LogP contribution is -3.00. The van der Waals surface area contributed by atoms with Crippen LogP contribution in [0.15, 0.2) is 0 Å². The summed E-state index contributed by atoms with van der Waals surface area (Å²) in [6.07, 6.45) is 13.8. The lowest BCUT2D eigenvalue weighted by atomic mass is 10.1. The van der Waals surface area contributed by atoms with E-state index in [2.05, 4.69) is 26.3 Å². The Morgan fingerprint density at radius 3 is 1.70 bits per heavy atom. The number of hydrogen-bond acceptors (Lipinski definition) is 2. The van der Waals surface area contributed by atoms with E-state index in [0.29, 0.717) is 0 Å². The summed E-state index contributed by atoms with van der Waals surface area (Å²) in [5.74, 6) is 0. The number of unbranched alkanes of at least 4 members (excludes halogenated alkanes) is 9.